The second-order valence-electron chi connectivity index (χ2n) is 4.63. The summed E-state index contributed by atoms with van der Waals surface area (Å²) in [6.45, 7) is 1.34. The Hall–Kier alpha value is -1.29. The standard InChI is InChI=1S/C14H16F2O2/c15-13-2-1-11(9-14(13)16)12(3-6-17)10-4-7-18-8-5-10/h1-2,6,9-10,12H,3-5,7-8H2. The van der Waals surface area contributed by atoms with Crippen LogP contribution < -0.4 is 0 Å². The van der Waals surface area contributed by atoms with Crippen LogP contribution in [0.1, 0.15) is 30.7 Å². The molecule has 1 aliphatic heterocycles. The summed E-state index contributed by atoms with van der Waals surface area (Å²) >= 11 is 0. The molecule has 0 aliphatic carbocycles. The molecule has 1 saturated heterocycles. The van der Waals surface area contributed by atoms with Crippen molar-refractivity contribution in [3.8, 4) is 0 Å². The van der Waals surface area contributed by atoms with Gasteiger partial charge in [-0.05, 0) is 42.4 Å². The van der Waals surface area contributed by atoms with E-state index >= 15 is 0 Å². The van der Waals surface area contributed by atoms with Crippen molar-refractivity contribution in [2.45, 2.75) is 25.2 Å². The van der Waals surface area contributed by atoms with Gasteiger partial charge in [-0.25, -0.2) is 8.78 Å². The van der Waals surface area contributed by atoms with E-state index in [0.29, 0.717) is 31.1 Å². The van der Waals surface area contributed by atoms with Gasteiger partial charge >= 0.3 is 0 Å². The zero-order chi connectivity index (χ0) is 13.0. The first kappa shape index (κ1) is 13.1. The Labute approximate surface area is 105 Å². The minimum atomic E-state index is -0.851. The van der Waals surface area contributed by atoms with Gasteiger partial charge in [0.2, 0.25) is 0 Å². The van der Waals surface area contributed by atoms with E-state index in [0.717, 1.165) is 25.2 Å². The summed E-state index contributed by atoms with van der Waals surface area (Å²) in [6, 6.07) is 3.91. The highest BCUT2D eigenvalue weighted by molar-refractivity contribution is 5.52. The Morgan fingerprint density at radius 1 is 1.28 bits per heavy atom. The van der Waals surface area contributed by atoms with Gasteiger partial charge in [-0.2, -0.15) is 0 Å². The number of rotatable bonds is 4. The van der Waals surface area contributed by atoms with E-state index in [1.165, 1.54) is 6.07 Å². The maximum absolute atomic E-state index is 13.3. The summed E-state index contributed by atoms with van der Waals surface area (Å²) in [4.78, 5) is 10.8. The molecule has 1 heterocycles. The first-order chi connectivity index (χ1) is 8.72. The van der Waals surface area contributed by atoms with Gasteiger partial charge in [0.25, 0.3) is 0 Å². The molecular weight excluding hydrogens is 238 g/mol. The van der Waals surface area contributed by atoms with Crippen LogP contribution in [0.2, 0.25) is 0 Å². The predicted octanol–water partition coefficient (Wildman–Crippen LogP) is 3.06. The third-order valence-electron chi connectivity index (χ3n) is 3.56. The molecule has 1 aliphatic rings. The Morgan fingerprint density at radius 3 is 2.61 bits per heavy atom. The maximum Gasteiger partial charge on any atom is 0.159 e. The van der Waals surface area contributed by atoms with Crippen LogP contribution in [0.15, 0.2) is 18.2 Å². The van der Waals surface area contributed by atoms with Gasteiger partial charge in [-0.3, -0.25) is 0 Å². The Balaban J connectivity index is 2.22. The van der Waals surface area contributed by atoms with Crippen LogP contribution in [0.5, 0.6) is 0 Å². The molecule has 2 nitrogen and oxygen atoms in total. The van der Waals surface area contributed by atoms with Crippen molar-refractivity contribution in [1.82, 2.24) is 0 Å². The molecule has 0 amide bonds. The van der Waals surface area contributed by atoms with Crippen molar-refractivity contribution in [2.24, 2.45) is 5.92 Å². The molecule has 98 valence electrons. The van der Waals surface area contributed by atoms with Crippen LogP contribution in [0.4, 0.5) is 8.78 Å². The van der Waals surface area contributed by atoms with Crippen molar-refractivity contribution >= 4 is 6.29 Å². The molecule has 1 unspecified atom stereocenters. The van der Waals surface area contributed by atoms with Crippen LogP contribution in [-0.4, -0.2) is 19.5 Å². The van der Waals surface area contributed by atoms with Crippen molar-refractivity contribution in [3.63, 3.8) is 0 Å². The van der Waals surface area contributed by atoms with Crippen LogP contribution >= 0.6 is 0 Å². The van der Waals surface area contributed by atoms with Crippen molar-refractivity contribution in [3.05, 3.63) is 35.4 Å². The van der Waals surface area contributed by atoms with E-state index in [9.17, 15) is 13.6 Å². The summed E-state index contributed by atoms with van der Waals surface area (Å²) in [6.07, 6.45) is 2.91. The summed E-state index contributed by atoms with van der Waals surface area (Å²) < 4.78 is 31.5. The zero-order valence-electron chi connectivity index (χ0n) is 10.1. The summed E-state index contributed by atoms with van der Waals surface area (Å²) in [5, 5.41) is 0. The number of hydrogen-bond donors (Lipinski definition) is 0. The number of aldehydes is 1. The minimum Gasteiger partial charge on any atom is -0.381 e. The average Bonchev–Trinajstić information content (AvgIpc) is 2.40. The van der Waals surface area contributed by atoms with Gasteiger partial charge in [0.05, 0.1) is 0 Å². The zero-order valence-corrected chi connectivity index (χ0v) is 10.1. The van der Waals surface area contributed by atoms with Crippen LogP contribution in [-0.2, 0) is 9.53 Å². The molecule has 0 spiro atoms. The third-order valence-corrected chi connectivity index (χ3v) is 3.56. The topological polar surface area (TPSA) is 26.3 Å². The fourth-order valence-corrected chi connectivity index (χ4v) is 2.57. The lowest BCUT2D eigenvalue weighted by molar-refractivity contribution is -0.108. The van der Waals surface area contributed by atoms with E-state index in [1.54, 1.807) is 6.07 Å². The fourth-order valence-electron chi connectivity index (χ4n) is 2.57. The van der Waals surface area contributed by atoms with Crippen molar-refractivity contribution in [2.75, 3.05) is 13.2 Å². The van der Waals surface area contributed by atoms with Crippen LogP contribution in [0, 0.1) is 17.6 Å². The fraction of sp³-hybridized carbons (Fsp3) is 0.500. The first-order valence-electron chi connectivity index (χ1n) is 6.18. The first-order valence-corrected chi connectivity index (χ1v) is 6.18. The van der Waals surface area contributed by atoms with E-state index in [4.69, 9.17) is 4.74 Å². The number of halogens is 2. The Bertz CT molecular complexity index is 414. The number of benzene rings is 1. The Morgan fingerprint density at radius 2 is 2.00 bits per heavy atom. The maximum atomic E-state index is 13.3. The van der Waals surface area contributed by atoms with Gasteiger partial charge in [0.15, 0.2) is 11.6 Å². The molecule has 1 fully saturated rings. The highest BCUT2D eigenvalue weighted by atomic mass is 19.2. The highest BCUT2D eigenvalue weighted by Gasteiger charge is 2.25. The molecule has 1 aromatic rings. The smallest absolute Gasteiger partial charge is 0.159 e. The molecule has 4 heteroatoms. The molecule has 18 heavy (non-hydrogen) atoms. The summed E-state index contributed by atoms with van der Waals surface area (Å²) in [7, 11) is 0. The molecule has 1 aromatic carbocycles. The molecule has 2 rings (SSSR count). The van der Waals surface area contributed by atoms with E-state index in [1.807, 2.05) is 0 Å². The minimum absolute atomic E-state index is 0.0403. The third kappa shape index (κ3) is 2.93. The monoisotopic (exact) mass is 254 g/mol. The quantitative estimate of drug-likeness (QED) is 0.772. The molecule has 0 bridgehead atoms. The van der Waals surface area contributed by atoms with Gasteiger partial charge < -0.3 is 9.53 Å². The molecule has 0 aromatic heterocycles. The SMILES string of the molecule is O=CCC(c1ccc(F)c(F)c1)C1CCOCC1. The molecular formula is C14H16F2O2. The van der Waals surface area contributed by atoms with Gasteiger partial charge in [-0.1, -0.05) is 6.07 Å². The molecule has 0 saturated carbocycles. The summed E-state index contributed by atoms with van der Waals surface area (Å²) in [5.74, 6) is -1.44. The molecule has 0 N–H and O–H groups in total. The van der Waals surface area contributed by atoms with Gasteiger partial charge in [-0.15, -0.1) is 0 Å². The van der Waals surface area contributed by atoms with Crippen LogP contribution in [0.25, 0.3) is 0 Å². The Kier molecular flexibility index (Phi) is 4.42. The van der Waals surface area contributed by atoms with Gasteiger partial charge in [0, 0.05) is 19.6 Å². The highest BCUT2D eigenvalue weighted by Crippen LogP contribution is 2.34. The van der Waals surface area contributed by atoms with E-state index in [-0.39, 0.29) is 5.92 Å². The lowest BCUT2D eigenvalue weighted by atomic mass is 9.79. The molecule has 1 atom stereocenters. The predicted molar refractivity (Wildman–Crippen MR) is 63.3 cm³/mol. The van der Waals surface area contributed by atoms with Crippen molar-refractivity contribution in [1.29, 1.82) is 0 Å². The number of ether oxygens (including phenoxy) is 1. The summed E-state index contributed by atoms with van der Waals surface area (Å²) in [5.41, 5.74) is 0.702. The van der Waals surface area contributed by atoms with Gasteiger partial charge in [0.1, 0.15) is 6.29 Å². The lowest BCUT2D eigenvalue weighted by Gasteiger charge is -2.29. The normalized spacial score (nSPS) is 18.6. The average molecular weight is 254 g/mol. The second kappa shape index (κ2) is 6.05. The van der Waals surface area contributed by atoms with E-state index < -0.39 is 11.6 Å². The number of carbonyl (C=O) groups excluding carboxylic acids is 1. The van der Waals surface area contributed by atoms with Crippen LogP contribution in [0.3, 0.4) is 0 Å². The largest absolute Gasteiger partial charge is 0.381 e. The lowest BCUT2D eigenvalue weighted by Crippen LogP contribution is -2.22. The number of hydrogen-bond acceptors (Lipinski definition) is 2. The van der Waals surface area contributed by atoms with E-state index in [2.05, 4.69) is 0 Å². The number of carbonyl (C=O) groups is 1. The van der Waals surface area contributed by atoms with Crippen molar-refractivity contribution < 1.29 is 18.3 Å². The second-order valence-corrected chi connectivity index (χ2v) is 4.63. The molecule has 0 radical (unpaired) electrons.